The first-order chi connectivity index (χ1) is 18.0. The third-order valence-electron chi connectivity index (χ3n) is 5.10. The Morgan fingerprint density at radius 2 is 1.58 bits per heavy atom. The number of pyridine rings is 1. The largest absolute Gasteiger partial charge is 0.505 e. The number of phenolic OH excluding ortho intramolecular Hbond substituents is 1. The van der Waals surface area contributed by atoms with Crippen LogP contribution in [0.25, 0.3) is 10.9 Å². The Morgan fingerprint density at radius 3 is 2.16 bits per heavy atom. The van der Waals surface area contributed by atoms with Crippen LogP contribution in [0, 0.1) is 6.92 Å². The van der Waals surface area contributed by atoms with Crippen LogP contribution in [0.4, 0.5) is 19.1 Å². The van der Waals surface area contributed by atoms with Crippen molar-refractivity contribution < 1.29 is 38.1 Å². The van der Waals surface area contributed by atoms with Gasteiger partial charge in [0.25, 0.3) is 0 Å². The van der Waals surface area contributed by atoms with Gasteiger partial charge in [-0.25, -0.2) is 19.6 Å². The standard InChI is InChI=1S/C22H17F3N4O.C4H4O4/c1-13-10-12-27-21(28-13)29-18(15-4-7-16(8-5-15)22(23,24)25)17-9-6-14-3-2-11-26-19(14)20(17)30;5-3(6)1-2-4(7)8/h2-12,18,30H,1H3,(H,27,28,29);1-2H,(H,5,6)(H,7,8)/b;2-1+/t18-;/m0./s1. The Morgan fingerprint density at radius 1 is 0.921 bits per heavy atom. The number of carboxylic acid groups (broad SMARTS) is 2. The van der Waals surface area contributed by atoms with Crippen molar-refractivity contribution in [2.45, 2.75) is 19.1 Å². The van der Waals surface area contributed by atoms with Gasteiger partial charge >= 0.3 is 18.1 Å². The molecule has 0 bridgehead atoms. The van der Waals surface area contributed by atoms with E-state index in [9.17, 15) is 27.9 Å². The number of nitrogens with one attached hydrogen (secondary N) is 1. The fourth-order valence-corrected chi connectivity index (χ4v) is 3.37. The van der Waals surface area contributed by atoms with Crippen LogP contribution in [0.5, 0.6) is 5.75 Å². The molecule has 1 atom stereocenters. The molecule has 2 aromatic carbocycles. The van der Waals surface area contributed by atoms with Gasteiger partial charge in [0.15, 0.2) is 0 Å². The van der Waals surface area contributed by atoms with Gasteiger partial charge in [-0.15, -0.1) is 0 Å². The Bertz CT molecular complexity index is 1460. The highest BCUT2D eigenvalue weighted by atomic mass is 19.4. The normalized spacial score (nSPS) is 12.0. The summed E-state index contributed by atoms with van der Waals surface area (Å²) in [4.78, 5) is 31.8. The Kier molecular flexibility index (Phi) is 8.58. The number of rotatable bonds is 6. The van der Waals surface area contributed by atoms with E-state index in [0.717, 1.165) is 23.2 Å². The number of halogens is 3. The van der Waals surface area contributed by atoms with Crippen LogP contribution in [0.3, 0.4) is 0 Å². The quantitative estimate of drug-likeness (QED) is 0.256. The van der Waals surface area contributed by atoms with Crippen molar-refractivity contribution >= 4 is 28.8 Å². The summed E-state index contributed by atoms with van der Waals surface area (Å²) in [5, 5.41) is 30.4. The number of aryl methyl sites for hydroxylation is 1. The molecular formula is C26H21F3N4O5. The number of aliphatic carboxylic acids is 2. The number of anilines is 1. The fraction of sp³-hybridized carbons (Fsp3) is 0.115. The molecule has 0 saturated carbocycles. The van der Waals surface area contributed by atoms with E-state index in [4.69, 9.17) is 10.2 Å². The highest BCUT2D eigenvalue weighted by molar-refractivity contribution is 5.89. The lowest BCUT2D eigenvalue weighted by atomic mass is 9.95. The zero-order valence-electron chi connectivity index (χ0n) is 19.7. The summed E-state index contributed by atoms with van der Waals surface area (Å²) in [5.41, 5.74) is 1.34. The first-order valence-electron chi connectivity index (χ1n) is 10.9. The molecule has 2 heterocycles. The molecule has 4 rings (SSSR count). The molecule has 0 spiro atoms. The number of carbonyl (C=O) groups is 2. The molecule has 0 saturated heterocycles. The average Bonchev–Trinajstić information content (AvgIpc) is 2.87. The summed E-state index contributed by atoms with van der Waals surface area (Å²) < 4.78 is 39.0. The summed E-state index contributed by atoms with van der Waals surface area (Å²) in [6.45, 7) is 1.80. The highest BCUT2D eigenvalue weighted by Gasteiger charge is 2.30. The van der Waals surface area contributed by atoms with Gasteiger partial charge in [0.2, 0.25) is 5.95 Å². The van der Waals surface area contributed by atoms with Gasteiger partial charge in [0.1, 0.15) is 11.3 Å². The monoisotopic (exact) mass is 526 g/mol. The van der Waals surface area contributed by atoms with Crippen molar-refractivity contribution in [3.05, 3.63) is 102 Å². The zero-order valence-corrected chi connectivity index (χ0v) is 19.7. The minimum Gasteiger partial charge on any atom is -0.505 e. The van der Waals surface area contributed by atoms with Crippen molar-refractivity contribution in [1.82, 2.24) is 15.0 Å². The predicted octanol–water partition coefficient (Wildman–Crippen LogP) is 4.97. The zero-order chi connectivity index (χ0) is 27.9. The first kappa shape index (κ1) is 27.6. The van der Waals surface area contributed by atoms with E-state index < -0.39 is 29.7 Å². The minimum absolute atomic E-state index is 0.0573. The molecule has 0 fully saturated rings. The maximum Gasteiger partial charge on any atom is 0.416 e. The summed E-state index contributed by atoms with van der Waals surface area (Å²) in [6, 6.07) is 12.9. The Labute approximate surface area is 214 Å². The number of aromatic nitrogens is 3. The Balaban J connectivity index is 0.000000436. The molecule has 12 heteroatoms. The Hall–Kier alpha value is -5.00. The number of fused-ring (bicyclic) bond motifs is 1. The highest BCUT2D eigenvalue weighted by Crippen LogP contribution is 2.37. The van der Waals surface area contributed by atoms with E-state index in [-0.39, 0.29) is 5.75 Å². The number of alkyl halides is 3. The van der Waals surface area contributed by atoms with Crippen molar-refractivity contribution in [2.24, 2.45) is 0 Å². The lowest BCUT2D eigenvalue weighted by Crippen LogP contribution is -2.15. The van der Waals surface area contributed by atoms with Crippen LogP contribution < -0.4 is 5.32 Å². The summed E-state index contributed by atoms with van der Waals surface area (Å²) >= 11 is 0. The molecule has 4 aromatic rings. The van der Waals surface area contributed by atoms with Gasteiger partial charge in [0, 0.05) is 41.2 Å². The van der Waals surface area contributed by atoms with Crippen LogP contribution in [0.1, 0.15) is 28.4 Å². The summed E-state index contributed by atoms with van der Waals surface area (Å²) in [7, 11) is 0. The number of benzene rings is 2. The van der Waals surface area contributed by atoms with Crippen LogP contribution in [0.2, 0.25) is 0 Å². The predicted molar refractivity (Wildman–Crippen MR) is 131 cm³/mol. The van der Waals surface area contributed by atoms with E-state index in [2.05, 4.69) is 20.3 Å². The van der Waals surface area contributed by atoms with Gasteiger partial charge in [-0.2, -0.15) is 13.2 Å². The van der Waals surface area contributed by atoms with Crippen LogP contribution in [0.15, 0.2) is 79.1 Å². The van der Waals surface area contributed by atoms with Gasteiger partial charge in [-0.3, -0.25) is 4.98 Å². The van der Waals surface area contributed by atoms with Crippen molar-refractivity contribution in [2.75, 3.05) is 5.32 Å². The molecule has 0 aliphatic heterocycles. The number of phenols is 1. The van der Waals surface area contributed by atoms with E-state index in [0.29, 0.717) is 34.7 Å². The molecule has 38 heavy (non-hydrogen) atoms. The molecule has 0 radical (unpaired) electrons. The molecule has 196 valence electrons. The van der Waals surface area contributed by atoms with Gasteiger partial charge in [-0.05, 0) is 36.8 Å². The molecule has 0 unspecified atom stereocenters. The van der Waals surface area contributed by atoms with Gasteiger partial charge < -0.3 is 20.6 Å². The first-order valence-corrected chi connectivity index (χ1v) is 10.9. The smallest absolute Gasteiger partial charge is 0.416 e. The van der Waals surface area contributed by atoms with Crippen molar-refractivity contribution in [3.63, 3.8) is 0 Å². The second-order valence-corrected chi connectivity index (χ2v) is 7.81. The third kappa shape index (κ3) is 7.26. The second kappa shape index (κ2) is 11.8. The van der Waals surface area contributed by atoms with E-state index in [1.54, 1.807) is 43.6 Å². The van der Waals surface area contributed by atoms with E-state index in [1.165, 1.54) is 12.1 Å². The van der Waals surface area contributed by atoms with E-state index in [1.807, 2.05) is 6.07 Å². The fourth-order valence-electron chi connectivity index (χ4n) is 3.37. The molecule has 0 aliphatic carbocycles. The molecular weight excluding hydrogens is 505 g/mol. The number of hydrogen-bond acceptors (Lipinski definition) is 7. The van der Waals surface area contributed by atoms with Crippen LogP contribution in [-0.4, -0.2) is 42.2 Å². The van der Waals surface area contributed by atoms with E-state index >= 15 is 0 Å². The van der Waals surface area contributed by atoms with Crippen LogP contribution >= 0.6 is 0 Å². The maximum atomic E-state index is 13.0. The SMILES string of the molecule is Cc1ccnc(N[C@@H](c2ccc(C(F)(F)F)cc2)c2ccc3cccnc3c2O)n1.O=C(O)/C=C/C(=O)O. The second-order valence-electron chi connectivity index (χ2n) is 7.81. The lowest BCUT2D eigenvalue weighted by Gasteiger charge is -2.22. The number of aromatic hydroxyl groups is 1. The number of nitrogens with zero attached hydrogens (tertiary/aromatic N) is 3. The molecule has 0 aliphatic rings. The summed E-state index contributed by atoms with van der Waals surface area (Å²) in [5.74, 6) is -2.28. The van der Waals surface area contributed by atoms with Crippen LogP contribution in [-0.2, 0) is 15.8 Å². The maximum absolute atomic E-state index is 13.0. The number of carboxylic acids is 2. The van der Waals surface area contributed by atoms with Gasteiger partial charge in [0.05, 0.1) is 11.6 Å². The minimum atomic E-state index is -4.43. The molecule has 2 aromatic heterocycles. The van der Waals surface area contributed by atoms with Crippen molar-refractivity contribution in [1.29, 1.82) is 0 Å². The van der Waals surface area contributed by atoms with Crippen molar-refractivity contribution in [3.8, 4) is 5.75 Å². The number of hydrogen-bond donors (Lipinski definition) is 4. The lowest BCUT2D eigenvalue weighted by molar-refractivity contribution is -0.137. The topological polar surface area (TPSA) is 146 Å². The summed E-state index contributed by atoms with van der Waals surface area (Å²) in [6.07, 6.45) is -0.173. The van der Waals surface area contributed by atoms with Gasteiger partial charge in [-0.1, -0.05) is 30.3 Å². The molecule has 0 amide bonds. The third-order valence-corrected chi connectivity index (χ3v) is 5.10. The molecule has 9 nitrogen and oxygen atoms in total. The average molecular weight is 526 g/mol. The molecule has 4 N–H and O–H groups in total.